The third-order valence-electron chi connectivity index (χ3n) is 4.03. The Morgan fingerprint density at radius 2 is 1.75 bits per heavy atom. The maximum absolute atomic E-state index is 12.1. The molecule has 0 aromatic heterocycles. The summed E-state index contributed by atoms with van der Waals surface area (Å²) in [7, 11) is 0. The Morgan fingerprint density at radius 3 is 2.50 bits per heavy atom. The number of ether oxygens (including phenoxy) is 2. The van der Waals surface area contributed by atoms with E-state index in [1.54, 1.807) is 0 Å². The third-order valence-corrected chi connectivity index (χ3v) is 4.03. The molecule has 1 aliphatic heterocycles. The van der Waals surface area contributed by atoms with Gasteiger partial charge in [0.2, 0.25) is 12.7 Å². The predicted octanol–water partition coefficient (Wildman–Crippen LogP) is 3.07. The minimum absolute atomic E-state index is 0.0490. The van der Waals surface area contributed by atoms with E-state index in [2.05, 4.69) is 29.7 Å². The van der Waals surface area contributed by atoms with Gasteiger partial charge in [-0.1, -0.05) is 23.8 Å². The van der Waals surface area contributed by atoms with E-state index in [0.29, 0.717) is 6.54 Å². The second-order valence-electron chi connectivity index (χ2n) is 6.09. The number of hydrogen-bond donors (Lipinski definition) is 2. The Morgan fingerprint density at radius 1 is 1.04 bits per heavy atom. The molecule has 126 valence electrons. The molecule has 0 aliphatic carbocycles. The lowest BCUT2D eigenvalue weighted by molar-refractivity contribution is -0.119. The summed E-state index contributed by atoms with van der Waals surface area (Å²) in [6.07, 6.45) is 0. The molecule has 3 rings (SSSR count). The highest BCUT2D eigenvalue weighted by Crippen LogP contribution is 2.32. The first-order valence-corrected chi connectivity index (χ1v) is 8.00. The number of anilines is 1. The van der Waals surface area contributed by atoms with Crippen molar-refractivity contribution in [2.45, 2.75) is 27.3 Å². The molecule has 5 heteroatoms. The van der Waals surface area contributed by atoms with Gasteiger partial charge in [0, 0.05) is 12.2 Å². The average molecular weight is 326 g/mol. The molecule has 0 atom stereocenters. The van der Waals surface area contributed by atoms with Crippen LogP contribution in [0.4, 0.5) is 5.69 Å². The molecule has 2 N–H and O–H groups in total. The van der Waals surface area contributed by atoms with E-state index in [-0.39, 0.29) is 19.2 Å². The van der Waals surface area contributed by atoms with E-state index in [1.807, 2.05) is 32.0 Å². The molecule has 0 bridgehead atoms. The average Bonchev–Trinajstić information content (AvgIpc) is 2.99. The predicted molar refractivity (Wildman–Crippen MR) is 93.6 cm³/mol. The summed E-state index contributed by atoms with van der Waals surface area (Å²) in [4.78, 5) is 12.1. The van der Waals surface area contributed by atoms with Crippen LogP contribution in [0.25, 0.3) is 0 Å². The first kappa shape index (κ1) is 16.2. The maximum atomic E-state index is 12.1. The van der Waals surface area contributed by atoms with Crippen LogP contribution in [0.1, 0.15) is 22.3 Å². The second-order valence-corrected chi connectivity index (χ2v) is 6.09. The fourth-order valence-corrected chi connectivity index (χ4v) is 2.94. The fraction of sp³-hybridized carbons (Fsp3) is 0.316. The number of fused-ring (bicyclic) bond motifs is 1. The zero-order valence-corrected chi connectivity index (χ0v) is 14.2. The van der Waals surface area contributed by atoms with E-state index in [0.717, 1.165) is 33.9 Å². The van der Waals surface area contributed by atoms with Crippen LogP contribution in [-0.2, 0) is 11.3 Å². The summed E-state index contributed by atoms with van der Waals surface area (Å²) in [6.45, 7) is 7.13. The molecule has 2 aromatic rings. The van der Waals surface area contributed by atoms with Crippen molar-refractivity contribution in [3.63, 3.8) is 0 Å². The van der Waals surface area contributed by atoms with Gasteiger partial charge in [-0.15, -0.1) is 0 Å². The molecule has 1 aliphatic rings. The smallest absolute Gasteiger partial charge is 0.239 e. The van der Waals surface area contributed by atoms with E-state index in [9.17, 15) is 4.79 Å². The van der Waals surface area contributed by atoms with Crippen LogP contribution in [0.15, 0.2) is 30.3 Å². The topological polar surface area (TPSA) is 59.6 Å². The Bertz CT molecular complexity index is 748. The van der Waals surface area contributed by atoms with Crippen LogP contribution in [0.2, 0.25) is 0 Å². The summed E-state index contributed by atoms with van der Waals surface area (Å²) in [5.41, 5.74) is 5.53. The Balaban J connectivity index is 1.53. The standard InChI is InChI=1S/C19H22N2O3/c1-12-6-13(2)19(14(3)7-12)21-10-18(22)20-9-15-4-5-16-17(8-15)24-11-23-16/h4-8,21H,9-11H2,1-3H3,(H,20,22). The minimum atomic E-state index is -0.0490. The van der Waals surface area contributed by atoms with Gasteiger partial charge in [-0.25, -0.2) is 0 Å². The van der Waals surface area contributed by atoms with Crippen LogP contribution in [-0.4, -0.2) is 19.2 Å². The van der Waals surface area contributed by atoms with Crippen LogP contribution in [0.5, 0.6) is 11.5 Å². The van der Waals surface area contributed by atoms with Crippen molar-refractivity contribution in [1.82, 2.24) is 5.32 Å². The molecule has 0 saturated carbocycles. The van der Waals surface area contributed by atoms with Crippen molar-refractivity contribution in [2.24, 2.45) is 0 Å². The SMILES string of the molecule is Cc1cc(C)c(NCC(=O)NCc2ccc3c(c2)OCO3)c(C)c1. The highest BCUT2D eigenvalue weighted by atomic mass is 16.7. The number of benzene rings is 2. The van der Waals surface area contributed by atoms with E-state index in [4.69, 9.17) is 9.47 Å². The number of aryl methyl sites for hydroxylation is 3. The molecule has 0 spiro atoms. The molecule has 1 amide bonds. The van der Waals surface area contributed by atoms with Gasteiger partial charge < -0.3 is 20.1 Å². The van der Waals surface area contributed by atoms with Gasteiger partial charge in [-0.2, -0.15) is 0 Å². The highest BCUT2D eigenvalue weighted by molar-refractivity contribution is 5.81. The highest BCUT2D eigenvalue weighted by Gasteiger charge is 2.13. The number of amides is 1. The van der Waals surface area contributed by atoms with E-state index in [1.165, 1.54) is 5.56 Å². The number of nitrogens with one attached hydrogen (secondary N) is 2. The molecule has 0 unspecified atom stereocenters. The van der Waals surface area contributed by atoms with Gasteiger partial charge in [-0.3, -0.25) is 4.79 Å². The minimum Gasteiger partial charge on any atom is -0.454 e. The third kappa shape index (κ3) is 3.62. The first-order valence-electron chi connectivity index (χ1n) is 8.00. The summed E-state index contributed by atoms with van der Waals surface area (Å²) < 4.78 is 10.6. The van der Waals surface area contributed by atoms with Crippen molar-refractivity contribution >= 4 is 11.6 Å². The molecule has 0 fully saturated rings. The number of rotatable bonds is 5. The number of carbonyl (C=O) groups excluding carboxylic acids is 1. The first-order chi connectivity index (χ1) is 11.5. The molecule has 24 heavy (non-hydrogen) atoms. The maximum Gasteiger partial charge on any atom is 0.239 e. The zero-order chi connectivity index (χ0) is 17.1. The van der Waals surface area contributed by atoms with Crippen molar-refractivity contribution in [3.05, 3.63) is 52.6 Å². The Hall–Kier alpha value is -2.69. The van der Waals surface area contributed by atoms with Crippen molar-refractivity contribution in [1.29, 1.82) is 0 Å². The number of carbonyl (C=O) groups is 1. The molecule has 0 radical (unpaired) electrons. The van der Waals surface area contributed by atoms with Crippen LogP contribution < -0.4 is 20.1 Å². The van der Waals surface area contributed by atoms with E-state index < -0.39 is 0 Å². The lowest BCUT2D eigenvalue weighted by Crippen LogP contribution is -2.29. The molecule has 0 saturated heterocycles. The van der Waals surface area contributed by atoms with Crippen molar-refractivity contribution in [2.75, 3.05) is 18.7 Å². The van der Waals surface area contributed by atoms with Crippen LogP contribution >= 0.6 is 0 Å². The molecule has 1 heterocycles. The monoisotopic (exact) mass is 326 g/mol. The largest absolute Gasteiger partial charge is 0.454 e. The molecule has 5 nitrogen and oxygen atoms in total. The molecule has 2 aromatic carbocycles. The lowest BCUT2D eigenvalue weighted by atomic mass is 10.1. The quantitative estimate of drug-likeness (QED) is 0.886. The Labute approximate surface area is 142 Å². The van der Waals surface area contributed by atoms with Crippen LogP contribution in [0.3, 0.4) is 0 Å². The van der Waals surface area contributed by atoms with Gasteiger partial charge in [0.1, 0.15) is 0 Å². The Kier molecular flexibility index (Phi) is 4.60. The van der Waals surface area contributed by atoms with Gasteiger partial charge >= 0.3 is 0 Å². The van der Waals surface area contributed by atoms with Gasteiger partial charge in [-0.05, 0) is 49.6 Å². The van der Waals surface area contributed by atoms with Crippen molar-refractivity contribution < 1.29 is 14.3 Å². The fourth-order valence-electron chi connectivity index (χ4n) is 2.94. The van der Waals surface area contributed by atoms with Crippen molar-refractivity contribution in [3.8, 4) is 11.5 Å². The summed E-state index contributed by atoms with van der Waals surface area (Å²) in [6, 6.07) is 9.90. The summed E-state index contributed by atoms with van der Waals surface area (Å²) in [5.74, 6) is 1.43. The van der Waals surface area contributed by atoms with Gasteiger partial charge in [0.05, 0.1) is 6.54 Å². The number of hydrogen-bond acceptors (Lipinski definition) is 4. The second kappa shape index (κ2) is 6.83. The van der Waals surface area contributed by atoms with E-state index >= 15 is 0 Å². The molecular weight excluding hydrogens is 304 g/mol. The van der Waals surface area contributed by atoms with Gasteiger partial charge in [0.15, 0.2) is 11.5 Å². The van der Waals surface area contributed by atoms with Gasteiger partial charge in [0.25, 0.3) is 0 Å². The normalized spacial score (nSPS) is 12.1. The van der Waals surface area contributed by atoms with Crippen LogP contribution in [0, 0.1) is 20.8 Å². The summed E-state index contributed by atoms with van der Waals surface area (Å²) >= 11 is 0. The lowest BCUT2D eigenvalue weighted by Gasteiger charge is -2.14. The molecular formula is C19H22N2O3. The zero-order valence-electron chi connectivity index (χ0n) is 14.2. The summed E-state index contributed by atoms with van der Waals surface area (Å²) in [5, 5.41) is 6.14.